The maximum atomic E-state index is 6.01. The first kappa shape index (κ1) is 11.7. The molecule has 2 N–H and O–H groups in total. The van der Waals surface area contributed by atoms with Crippen LogP contribution in [-0.2, 0) is 0 Å². The lowest BCUT2D eigenvalue weighted by atomic mass is 10.1. The highest BCUT2D eigenvalue weighted by molar-refractivity contribution is 9.10. The Hall–Kier alpha value is -0.770. The van der Waals surface area contributed by atoms with Crippen molar-refractivity contribution in [1.29, 1.82) is 0 Å². The smallest absolute Gasteiger partial charge is 0.151 e. The summed E-state index contributed by atoms with van der Waals surface area (Å²) in [5.41, 5.74) is 6.78. The Balaban J connectivity index is 2.14. The van der Waals surface area contributed by atoms with E-state index in [1.807, 2.05) is 12.3 Å². The van der Waals surface area contributed by atoms with E-state index in [9.17, 15) is 0 Å². The zero-order valence-electron chi connectivity index (χ0n) is 9.45. The molecule has 1 fully saturated rings. The van der Waals surface area contributed by atoms with Crippen LogP contribution in [0.3, 0.4) is 0 Å². The maximum Gasteiger partial charge on any atom is 0.151 e. The summed E-state index contributed by atoms with van der Waals surface area (Å²) in [5, 5.41) is 0. The molecular formula is C12H18BrN3. The number of nitrogen functional groups attached to an aromatic ring is 1. The first-order chi connectivity index (χ1) is 7.77. The fraction of sp³-hybridized carbons (Fsp3) is 0.583. The predicted molar refractivity (Wildman–Crippen MR) is 71.6 cm³/mol. The number of rotatable bonds is 1. The van der Waals surface area contributed by atoms with E-state index in [2.05, 4.69) is 25.8 Å². The molecule has 16 heavy (non-hydrogen) atoms. The van der Waals surface area contributed by atoms with Crippen LogP contribution in [0, 0.1) is 0 Å². The van der Waals surface area contributed by atoms with Crippen molar-refractivity contribution in [3.8, 4) is 0 Å². The van der Waals surface area contributed by atoms with Crippen molar-refractivity contribution in [1.82, 2.24) is 4.98 Å². The molecule has 1 aromatic heterocycles. The SMILES string of the molecule is Nc1cc(Br)cnc1N1CCCCCCC1. The van der Waals surface area contributed by atoms with E-state index in [1.165, 1.54) is 32.1 Å². The van der Waals surface area contributed by atoms with Crippen molar-refractivity contribution in [3.63, 3.8) is 0 Å². The van der Waals surface area contributed by atoms with Crippen LogP contribution in [0.4, 0.5) is 11.5 Å². The molecule has 0 amide bonds. The van der Waals surface area contributed by atoms with Gasteiger partial charge in [-0.25, -0.2) is 4.98 Å². The number of aromatic nitrogens is 1. The average molecular weight is 284 g/mol. The Labute approximate surface area is 105 Å². The summed E-state index contributed by atoms with van der Waals surface area (Å²) in [6.07, 6.45) is 8.34. The molecule has 1 saturated heterocycles. The van der Waals surface area contributed by atoms with Crippen LogP contribution in [0.5, 0.6) is 0 Å². The fourth-order valence-corrected chi connectivity index (χ4v) is 2.52. The molecule has 0 aromatic carbocycles. The van der Waals surface area contributed by atoms with Gasteiger partial charge >= 0.3 is 0 Å². The summed E-state index contributed by atoms with van der Waals surface area (Å²) in [6.45, 7) is 2.16. The van der Waals surface area contributed by atoms with Gasteiger partial charge in [0.25, 0.3) is 0 Å². The molecule has 1 aliphatic heterocycles. The van der Waals surface area contributed by atoms with Crippen molar-refractivity contribution >= 4 is 27.4 Å². The van der Waals surface area contributed by atoms with Crippen LogP contribution >= 0.6 is 15.9 Å². The molecule has 2 rings (SSSR count). The van der Waals surface area contributed by atoms with Crippen LogP contribution in [0.15, 0.2) is 16.7 Å². The van der Waals surface area contributed by atoms with Gasteiger partial charge in [-0.15, -0.1) is 0 Å². The van der Waals surface area contributed by atoms with E-state index < -0.39 is 0 Å². The number of halogens is 1. The molecule has 3 nitrogen and oxygen atoms in total. The second kappa shape index (κ2) is 5.53. The van der Waals surface area contributed by atoms with E-state index in [0.29, 0.717) is 0 Å². The lowest BCUT2D eigenvalue weighted by Gasteiger charge is -2.26. The number of nitrogens with two attached hydrogens (primary N) is 1. The Morgan fingerprint density at radius 2 is 1.75 bits per heavy atom. The number of hydrogen-bond donors (Lipinski definition) is 1. The fourth-order valence-electron chi connectivity index (χ4n) is 2.17. The predicted octanol–water partition coefficient (Wildman–Crippen LogP) is 3.20. The van der Waals surface area contributed by atoms with Gasteiger partial charge in [-0.05, 0) is 34.8 Å². The van der Waals surface area contributed by atoms with Gasteiger partial charge in [0.1, 0.15) is 0 Å². The molecule has 0 aliphatic carbocycles. The first-order valence-electron chi connectivity index (χ1n) is 5.93. The molecular weight excluding hydrogens is 266 g/mol. The standard InChI is InChI=1S/C12H18BrN3/c13-10-8-11(14)12(15-9-10)16-6-4-2-1-3-5-7-16/h8-9H,1-7,14H2. The monoisotopic (exact) mass is 283 g/mol. The summed E-state index contributed by atoms with van der Waals surface area (Å²) in [7, 11) is 0. The third kappa shape index (κ3) is 2.88. The van der Waals surface area contributed by atoms with Gasteiger partial charge in [0.15, 0.2) is 5.82 Å². The molecule has 1 aromatic rings. The third-order valence-corrected chi connectivity index (χ3v) is 3.45. The Kier molecular flexibility index (Phi) is 4.04. The van der Waals surface area contributed by atoms with Crippen LogP contribution < -0.4 is 10.6 Å². The van der Waals surface area contributed by atoms with Gasteiger partial charge in [0.2, 0.25) is 0 Å². The van der Waals surface area contributed by atoms with Gasteiger partial charge < -0.3 is 10.6 Å². The Morgan fingerprint density at radius 3 is 2.38 bits per heavy atom. The second-order valence-corrected chi connectivity index (χ2v) is 5.24. The molecule has 0 radical (unpaired) electrons. The highest BCUT2D eigenvalue weighted by Gasteiger charge is 2.12. The molecule has 1 aliphatic rings. The minimum atomic E-state index is 0.773. The summed E-state index contributed by atoms with van der Waals surface area (Å²) in [4.78, 5) is 6.75. The molecule has 0 spiro atoms. The maximum absolute atomic E-state index is 6.01. The van der Waals surface area contributed by atoms with E-state index in [0.717, 1.165) is 29.1 Å². The molecule has 0 bridgehead atoms. The van der Waals surface area contributed by atoms with Gasteiger partial charge in [0, 0.05) is 23.8 Å². The third-order valence-electron chi connectivity index (χ3n) is 3.02. The quantitative estimate of drug-likeness (QED) is 0.861. The van der Waals surface area contributed by atoms with E-state index in [-0.39, 0.29) is 0 Å². The van der Waals surface area contributed by atoms with Crippen LogP contribution in [0.25, 0.3) is 0 Å². The molecule has 0 saturated carbocycles. The molecule has 0 atom stereocenters. The molecule has 0 unspecified atom stereocenters. The average Bonchev–Trinajstić information content (AvgIpc) is 2.19. The van der Waals surface area contributed by atoms with Gasteiger partial charge in [-0.3, -0.25) is 0 Å². The van der Waals surface area contributed by atoms with Crippen molar-refractivity contribution in [2.45, 2.75) is 32.1 Å². The minimum Gasteiger partial charge on any atom is -0.396 e. The van der Waals surface area contributed by atoms with Gasteiger partial charge in [0.05, 0.1) is 5.69 Å². The highest BCUT2D eigenvalue weighted by Crippen LogP contribution is 2.25. The number of hydrogen-bond acceptors (Lipinski definition) is 3. The van der Waals surface area contributed by atoms with E-state index in [4.69, 9.17) is 5.73 Å². The van der Waals surface area contributed by atoms with Crippen LogP contribution in [0.1, 0.15) is 32.1 Å². The van der Waals surface area contributed by atoms with Crippen molar-refractivity contribution in [3.05, 3.63) is 16.7 Å². The van der Waals surface area contributed by atoms with Crippen molar-refractivity contribution < 1.29 is 0 Å². The highest BCUT2D eigenvalue weighted by atomic mass is 79.9. The zero-order chi connectivity index (χ0) is 11.4. The molecule has 2 heterocycles. The summed E-state index contributed by atoms with van der Waals surface area (Å²) < 4.78 is 0.945. The topological polar surface area (TPSA) is 42.1 Å². The summed E-state index contributed by atoms with van der Waals surface area (Å²) in [5.74, 6) is 0.949. The van der Waals surface area contributed by atoms with Gasteiger partial charge in [-0.1, -0.05) is 19.3 Å². The van der Waals surface area contributed by atoms with Crippen LogP contribution in [0.2, 0.25) is 0 Å². The first-order valence-corrected chi connectivity index (χ1v) is 6.72. The van der Waals surface area contributed by atoms with Gasteiger partial charge in [-0.2, -0.15) is 0 Å². The largest absolute Gasteiger partial charge is 0.396 e. The molecule has 88 valence electrons. The van der Waals surface area contributed by atoms with E-state index in [1.54, 1.807) is 0 Å². The van der Waals surface area contributed by atoms with Crippen LogP contribution in [-0.4, -0.2) is 18.1 Å². The minimum absolute atomic E-state index is 0.773. The lowest BCUT2D eigenvalue weighted by molar-refractivity contribution is 0.554. The van der Waals surface area contributed by atoms with Crippen molar-refractivity contribution in [2.75, 3.05) is 23.7 Å². The Morgan fingerprint density at radius 1 is 1.12 bits per heavy atom. The number of pyridine rings is 1. The lowest BCUT2D eigenvalue weighted by Crippen LogP contribution is -2.28. The zero-order valence-corrected chi connectivity index (χ0v) is 11.0. The van der Waals surface area contributed by atoms with Crippen molar-refractivity contribution in [2.24, 2.45) is 0 Å². The normalized spacial score (nSPS) is 17.9. The number of nitrogens with zero attached hydrogens (tertiary/aromatic N) is 2. The molecule has 4 heteroatoms. The summed E-state index contributed by atoms with van der Waals surface area (Å²) >= 11 is 3.39. The summed E-state index contributed by atoms with van der Waals surface area (Å²) in [6, 6.07) is 1.93. The Bertz CT molecular complexity index is 346. The second-order valence-electron chi connectivity index (χ2n) is 4.32. The number of anilines is 2. The van der Waals surface area contributed by atoms with E-state index >= 15 is 0 Å².